The lowest BCUT2D eigenvalue weighted by Crippen LogP contribution is -2.00. The highest BCUT2D eigenvalue weighted by Crippen LogP contribution is 2.30. The summed E-state index contributed by atoms with van der Waals surface area (Å²) in [4.78, 5) is 1.22. The standard InChI is InChI=1S/C11H10ClN2S/c1-9(14-8-10(12)7-13-14)15-11-5-3-2-4-6-11/h2-6,8-9H,1H3. The zero-order valence-electron chi connectivity index (χ0n) is 8.22. The summed E-state index contributed by atoms with van der Waals surface area (Å²) in [7, 11) is 0. The predicted octanol–water partition coefficient (Wildman–Crippen LogP) is 3.65. The van der Waals surface area contributed by atoms with Gasteiger partial charge in [0.05, 0.1) is 10.4 Å². The molecule has 15 heavy (non-hydrogen) atoms. The average molecular weight is 238 g/mol. The molecule has 0 amide bonds. The molecule has 0 saturated heterocycles. The highest BCUT2D eigenvalue weighted by Gasteiger charge is 2.07. The maximum absolute atomic E-state index is 5.76. The number of thioether (sulfide) groups is 1. The van der Waals surface area contributed by atoms with E-state index in [0.29, 0.717) is 5.02 Å². The molecule has 0 aliphatic heterocycles. The summed E-state index contributed by atoms with van der Waals surface area (Å²) in [6.45, 7) is 2.08. The summed E-state index contributed by atoms with van der Waals surface area (Å²) in [5, 5.41) is 4.82. The minimum absolute atomic E-state index is 0.219. The third-order valence-corrected chi connectivity index (χ3v) is 3.22. The van der Waals surface area contributed by atoms with Gasteiger partial charge in [-0.2, -0.15) is 5.10 Å². The molecule has 0 aliphatic rings. The van der Waals surface area contributed by atoms with E-state index in [9.17, 15) is 0 Å². The van der Waals surface area contributed by atoms with Gasteiger partial charge in [0, 0.05) is 11.1 Å². The Labute approximate surface area is 98.3 Å². The van der Waals surface area contributed by atoms with Gasteiger partial charge in [-0.1, -0.05) is 41.6 Å². The Kier molecular flexibility index (Phi) is 3.34. The number of halogens is 1. The molecular weight excluding hydrogens is 228 g/mol. The lowest BCUT2D eigenvalue weighted by Gasteiger charge is -2.10. The van der Waals surface area contributed by atoms with Crippen molar-refractivity contribution >= 4 is 23.4 Å². The molecule has 1 aromatic heterocycles. The van der Waals surface area contributed by atoms with Gasteiger partial charge in [-0.05, 0) is 19.1 Å². The van der Waals surface area contributed by atoms with Crippen molar-refractivity contribution in [1.82, 2.24) is 9.78 Å². The van der Waals surface area contributed by atoms with Gasteiger partial charge < -0.3 is 0 Å². The first-order chi connectivity index (χ1) is 7.25. The molecule has 1 atom stereocenters. The predicted molar refractivity (Wildman–Crippen MR) is 63.1 cm³/mol. The van der Waals surface area contributed by atoms with Crippen LogP contribution in [0.25, 0.3) is 0 Å². The van der Waals surface area contributed by atoms with E-state index in [1.54, 1.807) is 22.6 Å². The van der Waals surface area contributed by atoms with Crippen LogP contribution in [-0.4, -0.2) is 9.78 Å². The Morgan fingerprint density at radius 3 is 2.73 bits per heavy atom. The smallest absolute Gasteiger partial charge is 0.133 e. The maximum Gasteiger partial charge on any atom is 0.133 e. The molecule has 0 bridgehead atoms. The van der Waals surface area contributed by atoms with Crippen LogP contribution >= 0.6 is 23.4 Å². The highest BCUT2D eigenvalue weighted by molar-refractivity contribution is 7.99. The topological polar surface area (TPSA) is 17.8 Å². The summed E-state index contributed by atoms with van der Waals surface area (Å²) in [5.41, 5.74) is 0. The number of benzene rings is 1. The first-order valence-electron chi connectivity index (χ1n) is 4.60. The zero-order valence-corrected chi connectivity index (χ0v) is 9.79. The summed E-state index contributed by atoms with van der Waals surface area (Å²) in [6.07, 6.45) is 4.48. The molecule has 1 heterocycles. The largest absolute Gasteiger partial charge is 0.257 e. The van der Waals surface area contributed by atoms with Gasteiger partial charge in [-0.25, -0.2) is 0 Å². The van der Waals surface area contributed by atoms with Crippen LogP contribution in [0.5, 0.6) is 0 Å². The van der Waals surface area contributed by atoms with Crippen molar-refractivity contribution in [2.45, 2.75) is 17.2 Å². The van der Waals surface area contributed by atoms with E-state index >= 15 is 0 Å². The number of nitrogens with zero attached hydrogens (tertiary/aromatic N) is 2. The van der Waals surface area contributed by atoms with Gasteiger partial charge in [-0.3, -0.25) is 4.68 Å². The van der Waals surface area contributed by atoms with Crippen LogP contribution in [0.15, 0.2) is 41.4 Å². The summed E-state index contributed by atoms with van der Waals surface area (Å²) >= 11 is 7.49. The number of hydrogen-bond acceptors (Lipinski definition) is 2. The third-order valence-electron chi connectivity index (χ3n) is 1.94. The van der Waals surface area contributed by atoms with Gasteiger partial charge in [-0.15, -0.1) is 0 Å². The van der Waals surface area contributed by atoms with Crippen molar-refractivity contribution in [2.24, 2.45) is 0 Å². The zero-order chi connectivity index (χ0) is 10.7. The quantitative estimate of drug-likeness (QED) is 0.759. The van der Waals surface area contributed by atoms with Crippen LogP contribution in [0.2, 0.25) is 5.02 Å². The normalized spacial score (nSPS) is 12.7. The molecule has 2 rings (SSSR count). The number of aromatic nitrogens is 2. The van der Waals surface area contributed by atoms with Gasteiger partial charge in [0.25, 0.3) is 0 Å². The van der Waals surface area contributed by atoms with Crippen LogP contribution in [-0.2, 0) is 0 Å². The SMILES string of the molecule is CC(Sc1ccccc1)n1cc(Cl)[c]n1. The Balaban J connectivity index is 2.07. The molecule has 1 unspecified atom stereocenters. The fourth-order valence-corrected chi connectivity index (χ4v) is 2.28. The van der Waals surface area contributed by atoms with E-state index in [-0.39, 0.29) is 5.37 Å². The van der Waals surface area contributed by atoms with Crippen molar-refractivity contribution in [3.63, 3.8) is 0 Å². The average Bonchev–Trinajstić information content (AvgIpc) is 2.66. The molecular formula is C11H10ClN2S. The number of hydrogen-bond donors (Lipinski definition) is 0. The molecule has 2 nitrogen and oxygen atoms in total. The maximum atomic E-state index is 5.76. The minimum atomic E-state index is 0.219. The van der Waals surface area contributed by atoms with Gasteiger partial charge >= 0.3 is 0 Å². The van der Waals surface area contributed by atoms with Crippen LogP contribution in [0.4, 0.5) is 0 Å². The lowest BCUT2D eigenvalue weighted by atomic mass is 10.4. The van der Waals surface area contributed by atoms with E-state index in [4.69, 9.17) is 11.6 Å². The monoisotopic (exact) mass is 237 g/mol. The fraction of sp³-hybridized carbons (Fsp3) is 0.182. The van der Waals surface area contributed by atoms with Crippen LogP contribution in [0.1, 0.15) is 12.3 Å². The second-order valence-electron chi connectivity index (χ2n) is 3.10. The molecule has 2 aromatic rings. The summed E-state index contributed by atoms with van der Waals surface area (Å²) in [6, 6.07) is 10.2. The molecule has 0 fully saturated rings. The highest BCUT2D eigenvalue weighted by atomic mass is 35.5. The van der Waals surface area contributed by atoms with E-state index in [0.717, 1.165) is 0 Å². The Morgan fingerprint density at radius 2 is 2.13 bits per heavy atom. The van der Waals surface area contributed by atoms with E-state index in [1.807, 2.05) is 18.2 Å². The lowest BCUT2D eigenvalue weighted by molar-refractivity contribution is 0.641. The molecule has 1 radical (unpaired) electrons. The molecule has 77 valence electrons. The molecule has 0 spiro atoms. The molecule has 0 saturated carbocycles. The molecule has 1 aromatic carbocycles. The Bertz CT molecular complexity index is 427. The van der Waals surface area contributed by atoms with Crippen LogP contribution < -0.4 is 0 Å². The first kappa shape index (κ1) is 10.6. The van der Waals surface area contributed by atoms with E-state index in [1.165, 1.54) is 4.90 Å². The first-order valence-corrected chi connectivity index (χ1v) is 5.85. The number of rotatable bonds is 3. The van der Waals surface area contributed by atoms with Crippen molar-refractivity contribution in [1.29, 1.82) is 0 Å². The molecule has 0 N–H and O–H groups in total. The second kappa shape index (κ2) is 4.73. The van der Waals surface area contributed by atoms with E-state index in [2.05, 4.69) is 30.4 Å². The molecule has 0 aliphatic carbocycles. The van der Waals surface area contributed by atoms with Crippen molar-refractivity contribution in [3.8, 4) is 0 Å². The van der Waals surface area contributed by atoms with Crippen LogP contribution in [0.3, 0.4) is 0 Å². The molecule has 4 heteroatoms. The van der Waals surface area contributed by atoms with Crippen LogP contribution in [0, 0.1) is 6.20 Å². The third kappa shape index (κ3) is 2.76. The Hall–Kier alpha value is -0.930. The van der Waals surface area contributed by atoms with Crippen molar-refractivity contribution < 1.29 is 0 Å². The minimum Gasteiger partial charge on any atom is -0.257 e. The Morgan fingerprint density at radius 1 is 1.40 bits per heavy atom. The van der Waals surface area contributed by atoms with E-state index < -0.39 is 0 Å². The van der Waals surface area contributed by atoms with Gasteiger partial charge in [0.2, 0.25) is 0 Å². The van der Waals surface area contributed by atoms with Gasteiger partial charge in [0.15, 0.2) is 0 Å². The summed E-state index contributed by atoms with van der Waals surface area (Å²) < 4.78 is 1.81. The summed E-state index contributed by atoms with van der Waals surface area (Å²) in [5.74, 6) is 0. The fourth-order valence-electron chi connectivity index (χ4n) is 1.22. The van der Waals surface area contributed by atoms with Gasteiger partial charge in [0.1, 0.15) is 6.20 Å². The van der Waals surface area contributed by atoms with Crippen molar-refractivity contribution in [2.75, 3.05) is 0 Å². The van der Waals surface area contributed by atoms with Crippen molar-refractivity contribution in [3.05, 3.63) is 47.7 Å². The second-order valence-corrected chi connectivity index (χ2v) is 4.90.